The maximum absolute atomic E-state index is 13.6. The minimum absolute atomic E-state index is 0.0441. The van der Waals surface area contributed by atoms with Crippen molar-refractivity contribution < 1.29 is 23.9 Å². The first kappa shape index (κ1) is 20.5. The number of carboxylic acid groups (broad SMARTS) is 1. The first-order valence-corrected chi connectivity index (χ1v) is 11.0. The Morgan fingerprint density at radius 3 is 2.38 bits per heavy atom. The molecule has 2 aromatic carbocycles. The van der Waals surface area contributed by atoms with Crippen LogP contribution in [0.3, 0.4) is 0 Å². The third kappa shape index (κ3) is 3.06. The number of halogens is 1. The molecule has 4 unspecified atom stereocenters. The molecule has 3 heterocycles. The van der Waals surface area contributed by atoms with Gasteiger partial charge in [-0.25, -0.2) is 9.29 Å². The van der Waals surface area contributed by atoms with E-state index in [0.717, 1.165) is 15.3 Å². The summed E-state index contributed by atoms with van der Waals surface area (Å²) in [5.41, 5.74) is -0.685. The Morgan fingerprint density at radius 1 is 1.03 bits per heavy atom. The molecule has 2 aliphatic heterocycles. The molecule has 32 heavy (non-hydrogen) atoms. The summed E-state index contributed by atoms with van der Waals surface area (Å²) in [5, 5.41) is 15.4. The molecule has 0 saturated carbocycles. The van der Waals surface area contributed by atoms with Crippen LogP contribution in [0.4, 0.5) is 10.1 Å². The van der Waals surface area contributed by atoms with Crippen molar-refractivity contribution in [3.63, 3.8) is 0 Å². The van der Waals surface area contributed by atoms with E-state index in [2.05, 4.69) is 5.32 Å². The number of imide groups is 1. The van der Waals surface area contributed by atoms with Gasteiger partial charge in [-0.05, 0) is 41.3 Å². The van der Waals surface area contributed by atoms with E-state index in [0.29, 0.717) is 0 Å². The fourth-order valence-electron chi connectivity index (χ4n) is 4.91. The van der Waals surface area contributed by atoms with E-state index >= 15 is 0 Å². The first-order valence-electron chi connectivity index (χ1n) is 10.1. The second-order valence-electron chi connectivity index (χ2n) is 8.07. The van der Waals surface area contributed by atoms with Gasteiger partial charge in [0.2, 0.25) is 11.8 Å². The fraction of sp³-hybridized carbons (Fsp3) is 0.208. The van der Waals surface area contributed by atoms with E-state index in [4.69, 9.17) is 0 Å². The predicted molar refractivity (Wildman–Crippen MR) is 117 cm³/mol. The van der Waals surface area contributed by atoms with Crippen LogP contribution in [0.1, 0.15) is 16.5 Å². The number of fused-ring (bicyclic) bond motifs is 1. The first-order chi connectivity index (χ1) is 15.4. The lowest BCUT2D eigenvalue weighted by molar-refractivity contribution is -0.148. The lowest BCUT2D eigenvalue weighted by atomic mass is 9.76. The van der Waals surface area contributed by atoms with Gasteiger partial charge in [0.1, 0.15) is 11.4 Å². The highest BCUT2D eigenvalue weighted by molar-refractivity contribution is 7.10. The minimum Gasteiger partial charge on any atom is -0.480 e. The molecule has 4 atom stereocenters. The number of hydrogen-bond donors (Lipinski definition) is 2. The molecular formula is C24H19FN2O4S. The molecule has 0 aliphatic carbocycles. The van der Waals surface area contributed by atoms with Gasteiger partial charge < -0.3 is 5.11 Å². The average molecular weight is 450 g/mol. The summed E-state index contributed by atoms with van der Waals surface area (Å²) in [7, 11) is 0. The smallest absolute Gasteiger partial charge is 0.325 e. The summed E-state index contributed by atoms with van der Waals surface area (Å²) >= 11 is 1.40. The van der Waals surface area contributed by atoms with Crippen LogP contribution >= 0.6 is 11.3 Å². The van der Waals surface area contributed by atoms with Crippen LogP contribution in [0.15, 0.2) is 72.1 Å². The quantitative estimate of drug-likeness (QED) is 0.582. The Labute approximate surface area is 187 Å². The number of hydrogen-bond acceptors (Lipinski definition) is 5. The number of amides is 2. The molecule has 0 bridgehead atoms. The molecule has 2 aliphatic rings. The van der Waals surface area contributed by atoms with E-state index in [1.807, 2.05) is 23.6 Å². The topological polar surface area (TPSA) is 86.7 Å². The van der Waals surface area contributed by atoms with Crippen molar-refractivity contribution in [2.24, 2.45) is 11.8 Å². The van der Waals surface area contributed by atoms with Crippen molar-refractivity contribution in [3.8, 4) is 0 Å². The zero-order valence-electron chi connectivity index (χ0n) is 16.8. The van der Waals surface area contributed by atoms with Gasteiger partial charge in [0.25, 0.3) is 0 Å². The Hall–Kier alpha value is -3.36. The maximum atomic E-state index is 13.6. The molecule has 5 rings (SSSR count). The average Bonchev–Trinajstić information content (AvgIpc) is 3.48. The lowest BCUT2D eigenvalue weighted by Crippen LogP contribution is -2.57. The Kier molecular flexibility index (Phi) is 4.91. The molecule has 0 radical (unpaired) electrons. The zero-order chi connectivity index (χ0) is 22.5. The second kappa shape index (κ2) is 7.65. The van der Waals surface area contributed by atoms with E-state index < -0.39 is 47.0 Å². The van der Waals surface area contributed by atoms with Gasteiger partial charge in [-0.2, -0.15) is 0 Å². The number of rotatable bonds is 5. The van der Waals surface area contributed by atoms with Crippen molar-refractivity contribution in [1.82, 2.24) is 5.32 Å². The minimum atomic E-state index is -1.66. The summed E-state index contributed by atoms with van der Waals surface area (Å²) in [6.45, 7) is 0. The van der Waals surface area contributed by atoms with Crippen LogP contribution < -0.4 is 10.2 Å². The van der Waals surface area contributed by atoms with Crippen molar-refractivity contribution in [1.29, 1.82) is 0 Å². The third-order valence-corrected chi connectivity index (χ3v) is 7.25. The van der Waals surface area contributed by atoms with Gasteiger partial charge in [-0.3, -0.25) is 19.7 Å². The van der Waals surface area contributed by atoms with E-state index in [1.165, 1.54) is 35.6 Å². The Morgan fingerprint density at radius 2 is 1.75 bits per heavy atom. The van der Waals surface area contributed by atoms with E-state index in [9.17, 15) is 23.9 Å². The molecule has 0 spiro atoms. The van der Waals surface area contributed by atoms with Gasteiger partial charge in [0.05, 0.1) is 23.6 Å². The SMILES string of the molecule is O=C1C2C(c3cccs3)NC(Cc3ccccc3)(C(=O)O)C2C(=O)N1c1ccc(F)cc1. The number of carbonyl (C=O) groups is 3. The number of nitrogens with zero attached hydrogens (tertiary/aromatic N) is 1. The maximum Gasteiger partial charge on any atom is 0.325 e. The summed E-state index contributed by atoms with van der Waals surface area (Å²) in [4.78, 5) is 41.7. The molecule has 3 aromatic rings. The van der Waals surface area contributed by atoms with Gasteiger partial charge in [0.15, 0.2) is 0 Å². The number of anilines is 1. The highest BCUT2D eigenvalue weighted by Crippen LogP contribution is 2.51. The lowest BCUT2D eigenvalue weighted by Gasteiger charge is -2.31. The summed E-state index contributed by atoms with van der Waals surface area (Å²) < 4.78 is 13.4. The van der Waals surface area contributed by atoms with E-state index in [1.54, 1.807) is 24.3 Å². The summed E-state index contributed by atoms with van der Waals surface area (Å²) in [6, 6.07) is 17.2. The standard InChI is InChI=1S/C24H19FN2O4S/c25-15-8-10-16(11-9-15)27-21(28)18-19(22(27)29)24(23(30)31,13-14-5-2-1-3-6-14)26-20(18)17-7-4-12-32-17/h1-12,18-20,26H,13H2,(H,30,31). The van der Waals surface area contributed by atoms with Crippen LogP contribution in [0, 0.1) is 17.7 Å². The number of benzene rings is 2. The molecule has 162 valence electrons. The normalized spacial score (nSPS) is 27.0. The number of carbonyl (C=O) groups excluding carboxylic acids is 2. The van der Waals surface area contributed by atoms with Crippen LogP contribution in [0.5, 0.6) is 0 Å². The molecule has 2 amide bonds. The molecular weight excluding hydrogens is 431 g/mol. The number of thiophene rings is 1. The van der Waals surface area contributed by atoms with Gasteiger partial charge >= 0.3 is 5.97 Å². The summed E-state index contributed by atoms with van der Waals surface area (Å²) in [6.07, 6.45) is 0.0441. The number of aliphatic carboxylic acids is 1. The largest absolute Gasteiger partial charge is 0.480 e. The molecule has 8 heteroatoms. The highest BCUT2D eigenvalue weighted by Gasteiger charge is 2.68. The Bertz CT molecular complexity index is 1180. The van der Waals surface area contributed by atoms with Crippen LogP contribution in [-0.4, -0.2) is 28.4 Å². The van der Waals surface area contributed by atoms with Crippen LogP contribution in [-0.2, 0) is 20.8 Å². The van der Waals surface area contributed by atoms with E-state index in [-0.39, 0.29) is 12.1 Å². The summed E-state index contributed by atoms with van der Waals surface area (Å²) in [5.74, 6) is -4.73. The van der Waals surface area contributed by atoms with Crippen LogP contribution in [0.25, 0.3) is 0 Å². The number of nitrogens with one attached hydrogen (secondary N) is 1. The Balaban J connectivity index is 1.64. The van der Waals surface area contributed by atoms with Gasteiger partial charge in [0, 0.05) is 11.3 Å². The van der Waals surface area contributed by atoms with Gasteiger partial charge in [-0.1, -0.05) is 36.4 Å². The van der Waals surface area contributed by atoms with Crippen LogP contribution in [0.2, 0.25) is 0 Å². The van der Waals surface area contributed by atoms with Crippen molar-refractivity contribution in [3.05, 3.63) is 88.4 Å². The van der Waals surface area contributed by atoms with Crippen molar-refractivity contribution >= 4 is 34.8 Å². The van der Waals surface area contributed by atoms with Crippen molar-refractivity contribution in [2.75, 3.05) is 4.90 Å². The van der Waals surface area contributed by atoms with Gasteiger partial charge in [-0.15, -0.1) is 11.3 Å². The molecule has 2 N–H and O–H groups in total. The molecule has 6 nitrogen and oxygen atoms in total. The number of carboxylic acids is 1. The second-order valence-corrected chi connectivity index (χ2v) is 9.05. The fourth-order valence-corrected chi connectivity index (χ4v) is 5.74. The third-order valence-electron chi connectivity index (χ3n) is 6.30. The molecule has 2 saturated heterocycles. The molecule has 2 fully saturated rings. The molecule has 1 aromatic heterocycles. The monoisotopic (exact) mass is 450 g/mol. The highest BCUT2D eigenvalue weighted by atomic mass is 32.1. The van der Waals surface area contributed by atoms with Crippen molar-refractivity contribution in [2.45, 2.75) is 18.0 Å². The predicted octanol–water partition coefficient (Wildman–Crippen LogP) is 3.40. The zero-order valence-corrected chi connectivity index (χ0v) is 17.6.